The molecule has 1 aromatic rings. The van der Waals surface area contributed by atoms with Crippen molar-refractivity contribution in [1.82, 2.24) is 4.98 Å². The number of pyridine rings is 1. The molecule has 1 aliphatic heterocycles. The summed E-state index contributed by atoms with van der Waals surface area (Å²) in [6.07, 6.45) is 0.150. The Balaban J connectivity index is 2.48. The number of amidine groups is 1. The van der Waals surface area contributed by atoms with Gasteiger partial charge < -0.3 is 20.6 Å². The number of nitrogens with two attached hydrogens (primary N) is 1. The first-order valence-corrected chi connectivity index (χ1v) is 6.35. The summed E-state index contributed by atoms with van der Waals surface area (Å²) < 4.78 is 5.54. The summed E-state index contributed by atoms with van der Waals surface area (Å²) in [7, 11) is 0. The van der Waals surface area contributed by atoms with E-state index in [0.29, 0.717) is 12.2 Å². The Morgan fingerprint density at radius 1 is 1.58 bits per heavy atom. The fraction of sp³-hybridized carbons (Fsp3) is 0.538. The molecule has 1 unspecified atom stereocenters. The average Bonchev–Trinajstić information content (AvgIpc) is 2.37. The van der Waals surface area contributed by atoms with Crippen LogP contribution in [-0.4, -0.2) is 41.8 Å². The topological polar surface area (TPSA) is 84.0 Å². The number of nitrogens with zero attached hydrogens (tertiary/aromatic N) is 3. The van der Waals surface area contributed by atoms with Crippen LogP contribution in [0.4, 0.5) is 5.82 Å². The zero-order chi connectivity index (χ0) is 14.0. The summed E-state index contributed by atoms with van der Waals surface area (Å²) in [5.41, 5.74) is 8.36. The van der Waals surface area contributed by atoms with Crippen LogP contribution in [0.2, 0.25) is 0 Å². The lowest BCUT2D eigenvalue weighted by Gasteiger charge is -2.33. The van der Waals surface area contributed by atoms with Crippen LogP contribution in [0.5, 0.6) is 0 Å². The number of hydrogen-bond acceptors (Lipinski definition) is 5. The van der Waals surface area contributed by atoms with E-state index < -0.39 is 0 Å². The molecule has 0 aliphatic carbocycles. The zero-order valence-corrected chi connectivity index (χ0v) is 11.6. The van der Waals surface area contributed by atoms with Gasteiger partial charge in [0.2, 0.25) is 0 Å². The first-order chi connectivity index (χ1) is 9.02. The molecule has 6 nitrogen and oxygen atoms in total. The van der Waals surface area contributed by atoms with E-state index in [4.69, 9.17) is 15.7 Å². The summed E-state index contributed by atoms with van der Waals surface area (Å²) in [5, 5.41) is 12.1. The van der Waals surface area contributed by atoms with E-state index in [9.17, 15) is 0 Å². The second kappa shape index (κ2) is 5.44. The van der Waals surface area contributed by atoms with Gasteiger partial charge in [0.05, 0.1) is 18.3 Å². The molecule has 1 atom stereocenters. The Kier molecular flexibility index (Phi) is 3.90. The zero-order valence-electron chi connectivity index (χ0n) is 11.6. The summed E-state index contributed by atoms with van der Waals surface area (Å²) in [6, 6.07) is 1.93. The smallest absolute Gasteiger partial charge is 0.174 e. The van der Waals surface area contributed by atoms with Gasteiger partial charge in [-0.05, 0) is 32.4 Å². The fourth-order valence-electron chi connectivity index (χ4n) is 2.42. The number of aryl methyl sites for hydroxylation is 2. The molecule has 0 aromatic carbocycles. The van der Waals surface area contributed by atoms with Gasteiger partial charge in [-0.15, -0.1) is 0 Å². The second-order valence-corrected chi connectivity index (χ2v) is 4.89. The first-order valence-electron chi connectivity index (χ1n) is 6.35. The molecule has 0 saturated carbocycles. The van der Waals surface area contributed by atoms with Crippen LogP contribution in [0.3, 0.4) is 0 Å². The fourth-order valence-corrected chi connectivity index (χ4v) is 2.42. The summed E-state index contributed by atoms with van der Waals surface area (Å²) in [6.45, 7) is 8.07. The number of morpholine rings is 1. The van der Waals surface area contributed by atoms with E-state index in [1.165, 1.54) is 0 Å². The molecular formula is C13H20N4O2. The van der Waals surface area contributed by atoms with E-state index in [0.717, 1.165) is 30.2 Å². The van der Waals surface area contributed by atoms with E-state index >= 15 is 0 Å². The molecule has 0 amide bonds. The van der Waals surface area contributed by atoms with Crippen molar-refractivity contribution >= 4 is 11.7 Å². The number of anilines is 1. The van der Waals surface area contributed by atoms with Gasteiger partial charge >= 0.3 is 0 Å². The van der Waals surface area contributed by atoms with Crippen molar-refractivity contribution in [3.63, 3.8) is 0 Å². The normalized spacial score (nSPS) is 20.7. The molecule has 1 aromatic heterocycles. The highest BCUT2D eigenvalue weighted by Crippen LogP contribution is 2.24. The van der Waals surface area contributed by atoms with Crippen molar-refractivity contribution in [3.8, 4) is 0 Å². The Hall–Kier alpha value is -1.82. The monoisotopic (exact) mass is 264 g/mol. The molecule has 2 heterocycles. The maximum Gasteiger partial charge on any atom is 0.174 e. The van der Waals surface area contributed by atoms with Crippen molar-refractivity contribution in [3.05, 3.63) is 22.9 Å². The van der Waals surface area contributed by atoms with Crippen molar-refractivity contribution in [1.29, 1.82) is 0 Å². The van der Waals surface area contributed by atoms with Crippen LogP contribution in [0, 0.1) is 13.8 Å². The molecule has 3 N–H and O–H groups in total. The van der Waals surface area contributed by atoms with Gasteiger partial charge in [0.15, 0.2) is 5.84 Å². The summed E-state index contributed by atoms with van der Waals surface area (Å²) in [4.78, 5) is 6.69. The van der Waals surface area contributed by atoms with Gasteiger partial charge in [-0.2, -0.15) is 0 Å². The average molecular weight is 264 g/mol. The number of hydrogen-bond donors (Lipinski definition) is 2. The van der Waals surface area contributed by atoms with Crippen LogP contribution < -0.4 is 10.6 Å². The van der Waals surface area contributed by atoms with Crippen LogP contribution in [-0.2, 0) is 4.74 Å². The minimum absolute atomic E-state index is 0.0964. The van der Waals surface area contributed by atoms with E-state index in [1.54, 1.807) is 0 Å². The van der Waals surface area contributed by atoms with Crippen molar-refractivity contribution in [2.75, 3.05) is 24.6 Å². The third-order valence-electron chi connectivity index (χ3n) is 3.23. The quantitative estimate of drug-likeness (QED) is 0.360. The molecule has 19 heavy (non-hydrogen) atoms. The van der Waals surface area contributed by atoms with Crippen LogP contribution in [0.1, 0.15) is 23.7 Å². The molecule has 2 rings (SSSR count). The molecule has 0 bridgehead atoms. The highest BCUT2D eigenvalue weighted by atomic mass is 16.5. The van der Waals surface area contributed by atoms with E-state index in [1.807, 2.05) is 26.8 Å². The Bertz CT molecular complexity index is 502. The highest BCUT2D eigenvalue weighted by molar-refractivity contribution is 6.02. The molecule has 1 saturated heterocycles. The van der Waals surface area contributed by atoms with Crippen molar-refractivity contribution in [2.45, 2.75) is 26.9 Å². The minimum atomic E-state index is 0.0964. The van der Waals surface area contributed by atoms with Crippen molar-refractivity contribution in [2.24, 2.45) is 10.9 Å². The molecule has 0 spiro atoms. The Labute approximate surface area is 112 Å². The minimum Gasteiger partial charge on any atom is -0.409 e. The summed E-state index contributed by atoms with van der Waals surface area (Å²) in [5.74, 6) is 0.863. The number of aromatic nitrogens is 1. The predicted molar refractivity (Wildman–Crippen MR) is 73.8 cm³/mol. The van der Waals surface area contributed by atoms with Gasteiger partial charge in [0, 0.05) is 18.8 Å². The molecule has 1 fully saturated rings. The van der Waals surface area contributed by atoms with E-state index in [-0.39, 0.29) is 11.9 Å². The largest absolute Gasteiger partial charge is 0.409 e. The van der Waals surface area contributed by atoms with Gasteiger partial charge in [-0.25, -0.2) is 4.98 Å². The van der Waals surface area contributed by atoms with Gasteiger partial charge in [-0.3, -0.25) is 0 Å². The maximum atomic E-state index is 8.95. The van der Waals surface area contributed by atoms with Gasteiger partial charge in [0.25, 0.3) is 0 Å². The van der Waals surface area contributed by atoms with Crippen LogP contribution in [0.15, 0.2) is 11.2 Å². The molecule has 1 aliphatic rings. The third kappa shape index (κ3) is 2.78. The lowest BCUT2D eigenvalue weighted by atomic mass is 10.1. The Morgan fingerprint density at radius 2 is 2.32 bits per heavy atom. The van der Waals surface area contributed by atoms with Gasteiger partial charge in [-0.1, -0.05) is 5.16 Å². The lowest BCUT2D eigenvalue weighted by molar-refractivity contribution is 0.0529. The third-order valence-corrected chi connectivity index (χ3v) is 3.23. The van der Waals surface area contributed by atoms with Crippen LogP contribution in [0.25, 0.3) is 0 Å². The SMILES string of the molecule is Cc1cc(C)c(C(N)=NO)c(N2CCOC(C)C2)n1. The summed E-state index contributed by atoms with van der Waals surface area (Å²) >= 11 is 0. The lowest BCUT2D eigenvalue weighted by Crippen LogP contribution is -2.42. The van der Waals surface area contributed by atoms with Gasteiger partial charge in [0.1, 0.15) is 5.82 Å². The highest BCUT2D eigenvalue weighted by Gasteiger charge is 2.23. The first kappa shape index (κ1) is 13.6. The number of ether oxygens (including phenoxy) is 1. The van der Waals surface area contributed by atoms with E-state index in [2.05, 4.69) is 15.0 Å². The molecule has 6 heteroatoms. The molecule has 104 valence electrons. The Morgan fingerprint density at radius 3 is 2.95 bits per heavy atom. The van der Waals surface area contributed by atoms with Crippen LogP contribution >= 0.6 is 0 Å². The predicted octanol–water partition coefficient (Wildman–Crippen LogP) is 1.02. The maximum absolute atomic E-state index is 8.95. The number of oxime groups is 1. The number of rotatable bonds is 2. The van der Waals surface area contributed by atoms with Crippen molar-refractivity contribution < 1.29 is 9.94 Å². The molecule has 0 radical (unpaired) electrons. The standard InChI is InChI=1S/C13H20N4O2/c1-8-6-9(2)15-13(11(8)12(14)16-18)17-4-5-19-10(3)7-17/h6,10,18H,4-5,7H2,1-3H3,(H2,14,16). The second-order valence-electron chi connectivity index (χ2n) is 4.89. The molecular weight excluding hydrogens is 244 g/mol.